The van der Waals surface area contributed by atoms with E-state index in [0.29, 0.717) is 11.8 Å². The van der Waals surface area contributed by atoms with Crippen molar-refractivity contribution in [3.63, 3.8) is 0 Å². The highest BCUT2D eigenvalue weighted by molar-refractivity contribution is 9.10. The van der Waals surface area contributed by atoms with Crippen LogP contribution in [0.3, 0.4) is 0 Å². The summed E-state index contributed by atoms with van der Waals surface area (Å²) in [5.74, 6) is 0.416. The largest absolute Gasteiger partial charge is 0.344 e. The van der Waals surface area contributed by atoms with Gasteiger partial charge in [0.2, 0.25) is 0 Å². The average molecular weight is 292 g/mol. The Bertz CT molecular complexity index is 563. The van der Waals surface area contributed by atoms with Crippen LogP contribution in [0.15, 0.2) is 34.9 Å². The van der Waals surface area contributed by atoms with Crippen molar-refractivity contribution < 1.29 is 4.79 Å². The molecular weight excluding hydrogens is 278 g/mol. The fourth-order valence-corrected chi connectivity index (χ4v) is 3.16. The van der Waals surface area contributed by atoms with Crippen molar-refractivity contribution in [2.24, 2.45) is 0 Å². The number of hydrogen-bond donors (Lipinski definition) is 0. The highest BCUT2D eigenvalue weighted by atomic mass is 79.9. The van der Waals surface area contributed by atoms with Crippen LogP contribution >= 0.6 is 15.9 Å². The zero-order valence-electron chi connectivity index (χ0n) is 9.53. The standard InChI is InChI=1S/C14H14BrNO/c15-13-2-1-3-14-12(13)8-9-16(14)10-4-6-11(17)7-5-10/h1-3,8-10H,4-7H2. The molecule has 1 heterocycles. The summed E-state index contributed by atoms with van der Waals surface area (Å²) in [6.07, 6.45) is 5.58. The van der Waals surface area contributed by atoms with Gasteiger partial charge >= 0.3 is 0 Å². The zero-order valence-corrected chi connectivity index (χ0v) is 11.1. The van der Waals surface area contributed by atoms with Crippen LogP contribution in [-0.4, -0.2) is 10.4 Å². The molecule has 1 aliphatic carbocycles. The van der Waals surface area contributed by atoms with Crippen LogP contribution in [0.5, 0.6) is 0 Å². The summed E-state index contributed by atoms with van der Waals surface area (Å²) < 4.78 is 3.47. The molecule has 0 unspecified atom stereocenters. The van der Waals surface area contributed by atoms with E-state index in [4.69, 9.17) is 0 Å². The Morgan fingerprint density at radius 1 is 1.18 bits per heavy atom. The van der Waals surface area contributed by atoms with Gasteiger partial charge in [-0.05, 0) is 31.0 Å². The molecule has 3 rings (SSSR count). The van der Waals surface area contributed by atoms with Crippen molar-refractivity contribution >= 4 is 32.6 Å². The van der Waals surface area contributed by atoms with Crippen LogP contribution in [0.25, 0.3) is 10.9 Å². The number of fused-ring (bicyclic) bond motifs is 1. The number of halogens is 1. The SMILES string of the molecule is O=C1CCC(n2ccc3c(Br)cccc32)CC1. The third kappa shape index (κ3) is 1.93. The lowest BCUT2D eigenvalue weighted by Gasteiger charge is -2.23. The lowest BCUT2D eigenvalue weighted by molar-refractivity contribution is -0.120. The third-order valence-electron chi connectivity index (χ3n) is 3.62. The second-order valence-electron chi connectivity index (χ2n) is 4.67. The lowest BCUT2D eigenvalue weighted by Crippen LogP contribution is -2.17. The average Bonchev–Trinajstić information content (AvgIpc) is 2.75. The summed E-state index contributed by atoms with van der Waals surface area (Å²) >= 11 is 3.58. The van der Waals surface area contributed by atoms with E-state index in [1.54, 1.807) is 0 Å². The van der Waals surface area contributed by atoms with Gasteiger partial charge in [0.05, 0.1) is 0 Å². The molecule has 2 aromatic rings. The van der Waals surface area contributed by atoms with E-state index >= 15 is 0 Å². The Labute approximate surface area is 109 Å². The Kier molecular flexibility index (Phi) is 2.79. The summed E-state index contributed by atoms with van der Waals surface area (Å²) in [5, 5.41) is 1.25. The van der Waals surface area contributed by atoms with E-state index in [0.717, 1.165) is 30.2 Å². The molecule has 1 aromatic carbocycles. The zero-order chi connectivity index (χ0) is 11.8. The first kappa shape index (κ1) is 11.0. The van der Waals surface area contributed by atoms with Gasteiger partial charge in [-0.15, -0.1) is 0 Å². The molecule has 0 saturated heterocycles. The Balaban J connectivity index is 2.01. The molecule has 0 amide bonds. The second-order valence-corrected chi connectivity index (χ2v) is 5.52. The van der Waals surface area contributed by atoms with E-state index in [1.165, 1.54) is 10.9 Å². The van der Waals surface area contributed by atoms with E-state index in [-0.39, 0.29) is 0 Å². The van der Waals surface area contributed by atoms with Crippen molar-refractivity contribution in [3.8, 4) is 0 Å². The first-order valence-corrected chi connectivity index (χ1v) is 6.82. The Hall–Kier alpha value is -1.09. The first-order chi connectivity index (χ1) is 8.25. The number of Topliss-reactive ketones (excluding diaryl/α,β-unsaturated/α-hetero) is 1. The normalized spacial score (nSPS) is 17.8. The molecule has 3 heteroatoms. The predicted octanol–water partition coefficient (Wildman–Crippen LogP) is 4.09. The lowest BCUT2D eigenvalue weighted by atomic mass is 9.94. The molecule has 1 fully saturated rings. The minimum Gasteiger partial charge on any atom is -0.344 e. The molecule has 2 nitrogen and oxygen atoms in total. The number of aromatic nitrogens is 1. The number of carbonyl (C=O) groups excluding carboxylic acids is 1. The minimum absolute atomic E-state index is 0.416. The predicted molar refractivity (Wildman–Crippen MR) is 72.2 cm³/mol. The molecule has 0 bridgehead atoms. The highest BCUT2D eigenvalue weighted by Gasteiger charge is 2.21. The molecule has 0 radical (unpaired) electrons. The van der Waals surface area contributed by atoms with Crippen LogP contribution in [0.4, 0.5) is 0 Å². The molecule has 88 valence electrons. The molecule has 1 aromatic heterocycles. The summed E-state index contributed by atoms with van der Waals surface area (Å²) in [5.41, 5.74) is 1.26. The van der Waals surface area contributed by atoms with Crippen molar-refractivity contribution in [2.45, 2.75) is 31.7 Å². The maximum absolute atomic E-state index is 11.3. The number of hydrogen-bond acceptors (Lipinski definition) is 1. The van der Waals surface area contributed by atoms with Crippen LogP contribution in [-0.2, 0) is 4.79 Å². The second kappa shape index (κ2) is 4.30. The van der Waals surface area contributed by atoms with Gasteiger partial charge in [0.25, 0.3) is 0 Å². The van der Waals surface area contributed by atoms with Crippen LogP contribution in [0, 0.1) is 0 Å². The monoisotopic (exact) mass is 291 g/mol. The summed E-state index contributed by atoms with van der Waals surface area (Å²) in [7, 11) is 0. The molecule has 1 saturated carbocycles. The first-order valence-electron chi connectivity index (χ1n) is 6.02. The van der Waals surface area contributed by atoms with E-state index in [9.17, 15) is 4.79 Å². The van der Waals surface area contributed by atoms with Gasteiger partial charge < -0.3 is 4.57 Å². The number of nitrogens with zero attached hydrogens (tertiary/aromatic N) is 1. The van der Waals surface area contributed by atoms with Gasteiger partial charge in [-0.25, -0.2) is 0 Å². The molecule has 0 N–H and O–H groups in total. The van der Waals surface area contributed by atoms with Crippen LogP contribution in [0.2, 0.25) is 0 Å². The fourth-order valence-electron chi connectivity index (χ4n) is 2.67. The molecule has 0 spiro atoms. The van der Waals surface area contributed by atoms with Gasteiger partial charge in [-0.2, -0.15) is 0 Å². The number of ketones is 1. The number of benzene rings is 1. The van der Waals surface area contributed by atoms with E-state index in [2.05, 4.69) is 51.0 Å². The third-order valence-corrected chi connectivity index (χ3v) is 4.31. The van der Waals surface area contributed by atoms with Crippen molar-refractivity contribution in [1.82, 2.24) is 4.57 Å². The quantitative estimate of drug-likeness (QED) is 0.776. The summed E-state index contributed by atoms with van der Waals surface area (Å²) in [6, 6.07) is 8.92. The smallest absolute Gasteiger partial charge is 0.133 e. The molecule has 17 heavy (non-hydrogen) atoms. The molecule has 0 aliphatic heterocycles. The maximum Gasteiger partial charge on any atom is 0.133 e. The summed E-state index contributed by atoms with van der Waals surface area (Å²) in [6.45, 7) is 0. The fraction of sp³-hybridized carbons (Fsp3) is 0.357. The topological polar surface area (TPSA) is 22.0 Å². The molecule has 0 atom stereocenters. The van der Waals surface area contributed by atoms with Gasteiger partial charge in [-0.1, -0.05) is 22.0 Å². The van der Waals surface area contributed by atoms with Gasteiger partial charge in [0, 0.05) is 40.5 Å². The van der Waals surface area contributed by atoms with Gasteiger partial charge in [0.15, 0.2) is 0 Å². The van der Waals surface area contributed by atoms with Crippen molar-refractivity contribution in [2.75, 3.05) is 0 Å². The Morgan fingerprint density at radius 2 is 1.94 bits per heavy atom. The highest BCUT2D eigenvalue weighted by Crippen LogP contribution is 2.32. The minimum atomic E-state index is 0.416. The van der Waals surface area contributed by atoms with E-state index in [1.807, 2.05) is 0 Å². The summed E-state index contributed by atoms with van der Waals surface area (Å²) in [4.78, 5) is 11.3. The number of rotatable bonds is 1. The molecular formula is C14H14BrNO. The Morgan fingerprint density at radius 3 is 2.71 bits per heavy atom. The van der Waals surface area contributed by atoms with Crippen molar-refractivity contribution in [1.29, 1.82) is 0 Å². The molecule has 1 aliphatic rings. The van der Waals surface area contributed by atoms with Crippen LogP contribution in [0.1, 0.15) is 31.7 Å². The van der Waals surface area contributed by atoms with Crippen LogP contribution < -0.4 is 0 Å². The van der Waals surface area contributed by atoms with Gasteiger partial charge in [-0.3, -0.25) is 4.79 Å². The van der Waals surface area contributed by atoms with Gasteiger partial charge in [0.1, 0.15) is 5.78 Å². The van der Waals surface area contributed by atoms with E-state index < -0.39 is 0 Å². The maximum atomic E-state index is 11.3. The number of carbonyl (C=O) groups is 1. The van der Waals surface area contributed by atoms with Crippen molar-refractivity contribution in [3.05, 3.63) is 34.9 Å².